The monoisotopic (exact) mass is 263 g/mol. The van der Waals surface area contributed by atoms with E-state index in [1.54, 1.807) is 24.2 Å². The van der Waals surface area contributed by atoms with Gasteiger partial charge >= 0.3 is 0 Å². The molecular weight excluding hydrogens is 242 g/mol. The fraction of sp³-hybridized carbons (Fsp3) is 0.571. The lowest BCUT2D eigenvalue weighted by Crippen LogP contribution is -2.31. The van der Waals surface area contributed by atoms with Crippen molar-refractivity contribution in [1.29, 1.82) is 0 Å². The Kier molecular flexibility index (Phi) is 4.74. The summed E-state index contributed by atoms with van der Waals surface area (Å²) in [7, 11) is 3.59. The van der Waals surface area contributed by atoms with Crippen molar-refractivity contribution < 1.29 is 9.53 Å². The Bertz CT molecular complexity index is 432. The van der Waals surface area contributed by atoms with E-state index in [-0.39, 0.29) is 5.91 Å². The summed E-state index contributed by atoms with van der Waals surface area (Å²) in [4.78, 5) is 17.9. The van der Waals surface area contributed by atoms with Crippen LogP contribution in [0.4, 0.5) is 5.69 Å². The van der Waals surface area contributed by atoms with Gasteiger partial charge < -0.3 is 15.0 Å². The van der Waals surface area contributed by atoms with Crippen LogP contribution in [-0.4, -0.2) is 49.6 Å². The van der Waals surface area contributed by atoms with Crippen molar-refractivity contribution in [3.8, 4) is 0 Å². The van der Waals surface area contributed by atoms with Crippen LogP contribution in [-0.2, 0) is 4.74 Å². The first-order valence-corrected chi connectivity index (χ1v) is 6.67. The molecule has 5 nitrogen and oxygen atoms in total. The summed E-state index contributed by atoms with van der Waals surface area (Å²) in [6.45, 7) is 2.01. The highest BCUT2D eigenvalue weighted by atomic mass is 16.5. The molecular formula is C14H21N3O2. The molecule has 0 saturated heterocycles. The summed E-state index contributed by atoms with van der Waals surface area (Å²) in [5.74, 6) is 0.683. The molecule has 0 bridgehead atoms. The number of carbonyl (C=O) groups excluding carboxylic acids is 1. The lowest BCUT2D eigenvalue weighted by molar-refractivity contribution is 0.0676. The van der Waals surface area contributed by atoms with Crippen molar-refractivity contribution in [1.82, 2.24) is 9.88 Å². The maximum Gasteiger partial charge on any atom is 0.272 e. The smallest absolute Gasteiger partial charge is 0.272 e. The zero-order valence-corrected chi connectivity index (χ0v) is 11.6. The number of ether oxygens (including phenoxy) is 1. The summed E-state index contributed by atoms with van der Waals surface area (Å²) in [6, 6.07) is 3.58. The van der Waals surface area contributed by atoms with Gasteiger partial charge in [0.15, 0.2) is 0 Å². The van der Waals surface area contributed by atoms with Crippen LogP contribution in [0.2, 0.25) is 0 Å². The van der Waals surface area contributed by atoms with Crippen LogP contribution in [0.25, 0.3) is 0 Å². The van der Waals surface area contributed by atoms with E-state index in [4.69, 9.17) is 4.74 Å². The molecule has 1 heterocycles. The summed E-state index contributed by atoms with van der Waals surface area (Å²) in [5.41, 5.74) is 1.34. The first kappa shape index (κ1) is 13.8. The molecule has 104 valence electrons. The van der Waals surface area contributed by atoms with Crippen molar-refractivity contribution in [2.45, 2.75) is 12.8 Å². The van der Waals surface area contributed by atoms with Crippen molar-refractivity contribution in [2.75, 3.05) is 39.2 Å². The highest BCUT2D eigenvalue weighted by molar-refractivity contribution is 5.92. The first-order chi connectivity index (χ1) is 9.20. The van der Waals surface area contributed by atoms with Crippen molar-refractivity contribution in [2.24, 2.45) is 5.92 Å². The maximum absolute atomic E-state index is 12.1. The maximum atomic E-state index is 12.1. The standard InChI is InChI=1S/C14H21N3O2/c1-15-12-5-6-16-13(9-12)14(18)17(2)7-8-19-10-11-3-4-11/h5-6,9,11H,3-4,7-8,10H2,1-2H3,(H,15,16). The van der Waals surface area contributed by atoms with Crippen LogP contribution in [0.5, 0.6) is 0 Å². The second-order valence-electron chi connectivity index (χ2n) is 4.92. The Balaban J connectivity index is 1.79. The third-order valence-corrected chi connectivity index (χ3v) is 3.24. The summed E-state index contributed by atoms with van der Waals surface area (Å²) in [6.07, 6.45) is 4.21. The van der Waals surface area contributed by atoms with E-state index >= 15 is 0 Å². The van der Waals surface area contributed by atoms with E-state index in [1.807, 2.05) is 13.1 Å². The number of nitrogens with zero attached hydrogens (tertiary/aromatic N) is 2. The second kappa shape index (κ2) is 6.52. The van der Waals surface area contributed by atoms with Crippen molar-refractivity contribution in [3.63, 3.8) is 0 Å². The predicted molar refractivity (Wildman–Crippen MR) is 74.3 cm³/mol. The quantitative estimate of drug-likeness (QED) is 0.760. The summed E-state index contributed by atoms with van der Waals surface area (Å²) in [5, 5.41) is 3.00. The molecule has 1 aromatic heterocycles. The molecule has 0 aliphatic heterocycles. The molecule has 0 atom stereocenters. The number of pyridine rings is 1. The zero-order chi connectivity index (χ0) is 13.7. The molecule has 5 heteroatoms. The van der Waals surface area contributed by atoms with E-state index in [0.29, 0.717) is 18.8 Å². The van der Waals surface area contributed by atoms with Crippen molar-refractivity contribution in [3.05, 3.63) is 24.0 Å². The minimum atomic E-state index is -0.0767. The van der Waals surface area contributed by atoms with E-state index in [1.165, 1.54) is 12.8 Å². The van der Waals surface area contributed by atoms with Crippen LogP contribution < -0.4 is 5.32 Å². The summed E-state index contributed by atoms with van der Waals surface area (Å²) >= 11 is 0. The number of amides is 1. The lowest BCUT2D eigenvalue weighted by atomic mass is 10.3. The Morgan fingerprint density at radius 1 is 1.58 bits per heavy atom. The number of nitrogens with one attached hydrogen (secondary N) is 1. The highest BCUT2D eigenvalue weighted by Crippen LogP contribution is 2.28. The third-order valence-electron chi connectivity index (χ3n) is 3.24. The number of likely N-dealkylation sites (N-methyl/N-ethyl adjacent to an activating group) is 1. The molecule has 0 radical (unpaired) electrons. The molecule has 1 aromatic rings. The fourth-order valence-corrected chi connectivity index (χ4v) is 1.74. The molecule has 2 rings (SSSR count). The minimum Gasteiger partial charge on any atom is -0.388 e. The number of hydrogen-bond donors (Lipinski definition) is 1. The van der Waals surface area contributed by atoms with Crippen molar-refractivity contribution >= 4 is 11.6 Å². The molecule has 1 saturated carbocycles. The topological polar surface area (TPSA) is 54.5 Å². The zero-order valence-electron chi connectivity index (χ0n) is 11.6. The Labute approximate surface area is 114 Å². The SMILES string of the molecule is CNc1ccnc(C(=O)N(C)CCOCC2CC2)c1. The van der Waals surface area contributed by atoms with E-state index in [9.17, 15) is 4.79 Å². The van der Waals surface area contributed by atoms with Crippen LogP contribution in [0.1, 0.15) is 23.3 Å². The molecule has 1 fully saturated rings. The van der Waals surface area contributed by atoms with Gasteiger partial charge in [-0.05, 0) is 30.9 Å². The number of aromatic nitrogens is 1. The van der Waals surface area contributed by atoms with Crippen LogP contribution >= 0.6 is 0 Å². The van der Waals surface area contributed by atoms with Gasteiger partial charge in [0.2, 0.25) is 0 Å². The van der Waals surface area contributed by atoms with Gasteiger partial charge in [0, 0.05) is 39.1 Å². The fourth-order valence-electron chi connectivity index (χ4n) is 1.74. The van der Waals surface area contributed by atoms with Crippen LogP contribution in [0.3, 0.4) is 0 Å². The number of carbonyl (C=O) groups is 1. The molecule has 1 aliphatic carbocycles. The minimum absolute atomic E-state index is 0.0767. The summed E-state index contributed by atoms with van der Waals surface area (Å²) < 4.78 is 5.53. The molecule has 1 aliphatic rings. The average molecular weight is 263 g/mol. The molecule has 0 unspecified atom stereocenters. The molecule has 1 amide bonds. The van der Waals surface area contributed by atoms with E-state index in [0.717, 1.165) is 18.2 Å². The first-order valence-electron chi connectivity index (χ1n) is 6.67. The number of anilines is 1. The van der Waals surface area contributed by atoms with Gasteiger partial charge in [0.25, 0.3) is 5.91 Å². The van der Waals surface area contributed by atoms with Gasteiger partial charge in [-0.1, -0.05) is 0 Å². The lowest BCUT2D eigenvalue weighted by Gasteiger charge is -2.17. The number of rotatable bonds is 7. The van der Waals surface area contributed by atoms with Crippen LogP contribution in [0.15, 0.2) is 18.3 Å². The van der Waals surface area contributed by atoms with Gasteiger partial charge in [-0.25, -0.2) is 0 Å². The molecule has 1 N–H and O–H groups in total. The van der Waals surface area contributed by atoms with E-state index in [2.05, 4.69) is 10.3 Å². The molecule has 0 aromatic carbocycles. The predicted octanol–water partition coefficient (Wildman–Crippen LogP) is 1.62. The Morgan fingerprint density at radius 2 is 2.37 bits per heavy atom. The normalized spacial score (nSPS) is 14.2. The largest absolute Gasteiger partial charge is 0.388 e. The average Bonchev–Trinajstić information content (AvgIpc) is 3.26. The Hall–Kier alpha value is -1.62. The van der Waals surface area contributed by atoms with Crippen LogP contribution in [0, 0.1) is 5.92 Å². The molecule has 0 spiro atoms. The van der Waals surface area contributed by atoms with Gasteiger partial charge in [0.1, 0.15) is 5.69 Å². The third kappa shape index (κ3) is 4.21. The van der Waals surface area contributed by atoms with Gasteiger partial charge in [0.05, 0.1) is 6.61 Å². The van der Waals surface area contributed by atoms with Gasteiger partial charge in [-0.3, -0.25) is 9.78 Å². The highest BCUT2D eigenvalue weighted by Gasteiger charge is 2.21. The molecule has 19 heavy (non-hydrogen) atoms. The number of hydrogen-bond acceptors (Lipinski definition) is 4. The van der Waals surface area contributed by atoms with E-state index < -0.39 is 0 Å². The Morgan fingerprint density at radius 3 is 3.05 bits per heavy atom. The van der Waals surface area contributed by atoms with Gasteiger partial charge in [-0.2, -0.15) is 0 Å². The van der Waals surface area contributed by atoms with Gasteiger partial charge in [-0.15, -0.1) is 0 Å². The second-order valence-corrected chi connectivity index (χ2v) is 4.92.